The third-order valence-electron chi connectivity index (χ3n) is 1.81. The van der Waals surface area contributed by atoms with Crippen molar-refractivity contribution in [2.75, 3.05) is 0 Å². The molecule has 0 bridgehead atoms. The highest BCUT2D eigenvalue weighted by molar-refractivity contribution is 6.31. The summed E-state index contributed by atoms with van der Waals surface area (Å²) in [6, 6.07) is 4.69. The van der Waals surface area contributed by atoms with Crippen LogP contribution >= 0.6 is 11.6 Å². The molecule has 1 N–H and O–H groups in total. The van der Waals surface area contributed by atoms with Gasteiger partial charge in [0.1, 0.15) is 6.61 Å². The molecule has 0 unspecified atom stereocenters. The summed E-state index contributed by atoms with van der Waals surface area (Å²) < 4.78 is 0. The van der Waals surface area contributed by atoms with Gasteiger partial charge in [0.15, 0.2) is 0 Å². The molecule has 5 heteroatoms. The zero-order chi connectivity index (χ0) is 12.1. The molecule has 0 aliphatic rings. The fourth-order valence-electron chi connectivity index (χ4n) is 1.13. The van der Waals surface area contributed by atoms with E-state index >= 15 is 0 Å². The highest BCUT2D eigenvalue weighted by Gasteiger charge is 2.13. The molecule has 0 radical (unpaired) electrons. The Kier molecular flexibility index (Phi) is 4.31. The minimum Gasteiger partial charge on any atom is -0.478 e. The summed E-state index contributed by atoms with van der Waals surface area (Å²) in [6.45, 7) is 3.61. The fourth-order valence-corrected chi connectivity index (χ4v) is 1.36. The lowest BCUT2D eigenvalue weighted by Gasteiger charge is -2.06. The van der Waals surface area contributed by atoms with Gasteiger partial charge in [0, 0.05) is 10.6 Å². The van der Waals surface area contributed by atoms with Crippen LogP contribution in [0.1, 0.15) is 29.8 Å². The van der Waals surface area contributed by atoms with Gasteiger partial charge in [0.25, 0.3) is 0 Å². The van der Waals surface area contributed by atoms with Crippen LogP contribution in [-0.4, -0.2) is 16.8 Å². The predicted molar refractivity (Wildman–Crippen MR) is 62.0 cm³/mol. The van der Waals surface area contributed by atoms with Crippen molar-refractivity contribution in [3.05, 3.63) is 34.3 Å². The van der Waals surface area contributed by atoms with Crippen LogP contribution < -0.4 is 0 Å². The summed E-state index contributed by atoms with van der Waals surface area (Å²) in [5.41, 5.74) is 1.32. The summed E-state index contributed by atoms with van der Waals surface area (Å²) in [5.74, 6) is -1.03. The summed E-state index contributed by atoms with van der Waals surface area (Å²) >= 11 is 5.90. The Morgan fingerprint density at radius 2 is 2.19 bits per heavy atom. The van der Waals surface area contributed by atoms with E-state index in [0.717, 1.165) is 5.71 Å². The Morgan fingerprint density at radius 1 is 1.50 bits per heavy atom. The quantitative estimate of drug-likeness (QED) is 0.651. The average Bonchev–Trinajstić information content (AvgIpc) is 2.19. The number of aromatic carboxylic acids is 1. The van der Waals surface area contributed by atoms with E-state index < -0.39 is 5.97 Å². The van der Waals surface area contributed by atoms with Gasteiger partial charge in [-0.1, -0.05) is 22.8 Å². The summed E-state index contributed by atoms with van der Waals surface area (Å²) in [4.78, 5) is 15.9. The Labute approximate surface area is 98.5 Å². The van der Waals surface area contributed by atoms with Crippen LogP contribution in [0.4, 0.5) is 0 Å². The summed E-state index contributed by atoms with van der Waals surface area (Å²) in [7, 11) is 0. The van der Waals surface area contributed by atoms with E-state index in [-0.39, 0.29) is 12.2 Å². The van der Waals surface area contributed by atoms with Crippen molar-refractivity contribution in [1.82, 2.24) is 0 Å². The van der Waals surface area contributed by atoms with E-state index in [0.29, 0.717) is 10.6 Å². The monoisotopic (exact) mass is 241 g/mol. The normalized spacial score (nSPS) is 9.69. The topological polar surface area (TPSA) is 58.9 Å². The maximum absolute atomic E-state index is 10.9. The average molecular weight is 242 g/mol. The van der Waals surface area contributed by atoms with Crippen molar-refractivity contribution < 1.29 is 14.7 Å². The number of rotatable bonds is 4. The van der Waals surface area contributed by atoms with Gasteiger partial charge in [-0.15, -0.1) is 0 Å². The van der Waals surface area contributed by atoms with Crippen LogP contribution in [0.15, 0.2) is 23.4 Å². The van der Waals surface area contributed by atoms with Gasteiger partial charge in [-0.05, 0) is 26.0 Å². The molecule has 16 heavy (non-hydrogen) atoms. The van der Waals surface area contributed by atoms with E-state index in [2.05, 4.69) is 5.16 Å². The molecule has 0 aliphatic heterocycles. The number of nitrogens with zero attached hydrogens (tertiary/aromatic N) is 1. The van der Waals surface area contributed by atoms with Crippen LogP contribution in [0.3, 0.4) is 0 Å². The lowest BCUT2D eigenvalue weighted by atomic mass is 10.1. The SMILES string of the molecule is CC(C)=NOCc1c(Cl)cccc1C(=O)O. The van der Waals surface area contributed by atoms with E-state index in [1.165, 1.54) is 6.07 Å². The van der Waals surface area contributed by atoms with Crippen LogP contribution in [0.5, 0.6) is 0 Å². The third kappa shape index (κ3) is 3.24. The molecular formula is C11H12ClNO3. The molecule has 1 aromatic carbocycles. The molecule has 0 aromatic heterocycles. The van der Waals surface area contributed by atoms with Crippen molar-refractivity contribution in [3.8, 4) is 0 Å². The first-order valence-electron chi connectivity index (χ1n) is 4.66. The molecular weight excluding hydrogens is 230 g/mol. The van der Waals surface area contributed by atoms with Gasteiger partial charge in [0.05, 0.1) is 11.3 Å². The van der Waals surface area contributed by atoms with E-state index in [9.17, 15) is 4.79 Å². The zero-order valence-corrected chi connectivity index (χ0v) is 9.78. The summed E-state index contributed by atoms with van der Waals surface area (Å²) in [6.07, 6.45) is 0. The van der Waals surface area contributed by atoms with Gasteiger partial charge in [-0.25, -0.2) is 4.79 Å². The first kappa shape index (κ1) is 12.5. The molecule has 0 saturated carbocycles. The van der Waals surface area contributed by atoms with Gasteiger partial charge in [-0.2, -0.15) is 0 Å². The molecule has 0 spiro atoms. The largest absolute Gasteiger partial charge is 0.478 e. The molecule has 86 valence electrons. The number of benzene rings is 1. The number of hydrogen-bond donors (Lipinski definition) is 1. The van der Waals surface area contributed by atoms with Crippen molar-refractivity contribution in [2.24, 2.45) is 5.16 Å². The first-order valence-corrected chi connectivity index (χ1v) is 5.04. The highest BCUT2D eigenvalue weighted by Crippen LogP contribution is 2.21. The van der Waals surface area contributed by atoms with E-state index in [1.54, 1.807) is 26.0 Å². The molecule has 0 saturated heterocycles. The maximum Gasteiger partial charge on any atom is 0.336 e. The molecule has 0 atom stereocenters. The molecule has 4 nitrogen and oxygen atoms in total. The Balaban J connectivity index is 2.93. The van der Waals surface area contributed by atoms with E-state index in [4.69, 9.17) is 21.5 Å². The highest BCUT2D eigenvalue weighted by atomic mass is 35.5. The molecule has 0 heterocycles. The number of halogens is 1. The van der Waals surface area contributed by atoms with Crippen LogP contribution in [0.25, 0.3) is 0 Å². The molecule has 0 fully saturated rings. The molecule has 0 amide bonds. The second-order valence-electron chi connectivity index (χ2n) is 3.38. The minimum atomic E-state index is -1.03. The standard InChI is InChI=1S/C11H12ClNO3/c1-7(2)13-16-6-9-8(11(14)15)4-3-5-10(9)12/h3-5H,6H2,1-2H3,(H,14,15). The van der Waals surface area contributed by atoms with Crippen molar-refractivity contribution >= 4 is 23.3 Å². The number of carboxylic acids is 1. The van der Waals surface area contributed by atoms with Crippen molar-refractivity contribution in [2.45, 2.75) is 20.5 Å². The van der Waals surface area contributed by atoms with Crippen molar-refractivity contribution in [1.29, 1.82) is 0 Å². The van der Waals surface area contributed by atoms with Gasteiger partial charge >= 0.3 is 5.97 Å². The fraction of sp³-hybridized carbons (Fsp3) is 0.273. The Hall–Kier alpha value is -1.55. The molecule has 0 aliphatic carbocycles. The smallest absolute Gasteiger partial charge is 0.336 e. The van der Waals surface area contributed by atoms with Crippen LogP contribution in [0.2, 0.25) is 5.02 Å². The number of carbonyl (C=O) groups is 1. The number of carboxylic acid groups (broad SMARTS) is 1. The zero-order valence-electron chi connectivity index (χ0n) is 9.03. The summed E-state index contributed by atoms with van der Waals surface area (Å²) in [5, 5.41) is 13.0. The second-order valence-corrected chi connectivity index (χ2v) is 3.79. The van der Waals surface area contributed by atoms with Gasteiger partial charge in [0.2, 0.25) is 0 Å². The third-order valence-corrected chi connectivity index (χ3v) is 2.16. The Morgan fingerprint density at radius 3 is 2.75 bits per heavy atom. The van der Waals surface area contributed by atoms with Crippen LogP contribution in [-0.2, 0) is 11.4 Å². The van der Waals surface area contributed by atoms with Gasteiger partial charge < -0.3 is 9.94 Å². The first-order chi connectivity index (χ1) is 7.52. The van der Waals surface area contributed by atoms with Gasteiger partial charge in [-0.3, -0.25) is 0 Å². The van der Waals surface area contributed by atoms with Crippen LogP contribution in [0, 0.1) is 0 Å². The second kappa shape index (κ2) is 5.51. The molecule has 1 rings (SSSR count). The number of oxime groups is 1. The minimum absolute atomic E-state index is 0.0481. The lowest BCUT2D eigenvalue weighted by Crippen LogP contribution is -2.04. The number of hydrogen-bond acceptors (Lipinski definition) is 3. The van der Waals surface area contributed by atoms with E-state index in [1.807, 2.05) is 0 Å². The molecule has 1 aromatic rings. The Bertz CT molecular complexity index is 425. The lowest BCUT2D eigenvalue weighted by molar-refractivity contribution is 0.0688. The van der Waals surface area contributed by atoms with Crippen molar-refractivity contribution in [3.63, 3.8) is 0 Å². The predicted octanol–water partition coefficient (Wildman–Crippen LogP) is 2.95. The maximum atomic E-state index is 10.9.